The molecule has 3 rings (SSSR count). The van der Waals surface area contributed by atoms with Crippen LogP contribution in [-0.4, -0.2) is 22.9 Å². The Balaban J connectivity index is 1.70. The average Bonchev–Trinajstić information content (AvgIpc) is 3.08. The lowest BCUT2D eigenvalue weighted by atomic mass is 9.93. The van der Waals surface area contributed by atoms with Gasteiger partial charge in [0.25, 0.3) is 0 Å². The highest BCUT2D eigenvalue weighted by atomic mass is 16.2. The van der Waals surface area contributed by atoms with Gasteiger partial charge in [-0.1, -0.05) is 43.2 Å². The van der Waals surface area contributed by atoms with Gasteiger partial charge in [-0.2, -0.15) is 0 Å². The van der Waals surface area contributed by atoms with Gasteiger partial charge in [0.1, 0.15) is 0 Å². The van der Waals surface area contributed by atoms with Crippen molar-refractivity contribution in [2.45, 2.75) is 56.5 Å². The lowest BCUT2D eigenvalue weighted by Gasteiger charge is -2.30. The first-order valence-electron chi connectivity index (χ1n) is 7.81. The molecule has 0 spiro atoms. The minimum Gasteiger partial charge on any atom is -0.336 e. The molecule has 1 aromatic carbocycles. The third-order valence-corrected chi connectivity index (χ3v) is 4.86. The minimum absolute atomic E-state index is 0.235. The molecule has 1 atom stereocenters. The fraction of sp³-hybridized carbons (Fsp3) is 0.588. The zero-order chi connectivity index (χ0) is 14.0. The summed E-state index contributed by atoms with van der Waals surface area (Å²) in [6, 6.07) is 10.6. The number of nitrogens with two attached hydrogens (primary N) is 1. The molecule has 1 amide bonds. The second-order valence-electron chi connectivity index (χ2n) is 6.40. The van der Waals surface area contributed by atoms with E-state index in [1.807, 2.05) is 6.07 Å². The maximum atomic E-state index is 12.6. The molecule has 1 aromatic rings. The fourth-order valence-corrected chi connectivity index (χ4v) is 3.75. The first-order chi connectivity index (χ1) is 9.68. The lowest BCUT2D eigenvalue weighted by Crippen LogP contribution is -2.43. The molecule has 2 N–H and O–H groups in total. The van der Waals surface area contributed by atoms with Gasteiger partial charge in [0, 0.05) is 18.5 Å². The second kappa shape index (κ2) is 5.57. The number of hydrogen-bond donors (Lipinski definition) is 1. The van der Waals surface area contributed by atoms with E-state index < -0.39 is 0 Å². The van der Waals surface area contributed by atoms with Gasteiger partial charge < -0.3 is 10.6 Å². The Morgan fingerprint density at radius 3 is 2.60 bits per heavy atom. The number of benzene rings is 1. The van der Waals surface area contributed by atoms with Gasteiger partial charge in [-0.15, -0.1) is 0 Å². The quantitative estimate of drug-likeness (QED) is 0.919. The van der Waals surface area contributed by atoms with Crippen LogP contribution in [0.4, 0.5) is 0 Å². The summed E-state index contributed by atoms with van der Waals surface area (Å²) in [5, 5.41) is 0. The van der Waals surface area contributed by atoms with Crippen molar-refractivity contribution in [3.8, 4) is 0 Å². The van der Waals surface area contributed by atoms with E-state index in [0.29, 0.717) is 6.42 Å². The normalized spacial score (nSPS) is 25.1. The van der Waals surface area contributed by atoms with E-state index in [9.17, 15) is 4.79 Å². The molecular formula is C17H24N2O. The van der Waals surface area contributed by atoms with Gasteiger partial charge in [0.2, 0.25) is 5.91 Å². The van der Waals surface area contributed by atoms with Crippen molar-refractivity contribution in [2.75, 3.05) is 6.54 Å². The fourth-order valence-electron chi connectivity index (χ4n) is 3.75. The molecule has 1 aliphatic heterocycles. The summed E-state index contributed by atoms with van der Waals surface area (Å²) >= 11 is 0. The Labute approximate surface area is 121 Å². The lowest BCUT2D eigenvalue weighted by molar-refractivity contribution is -0.133. The van der Waals surface area contributed by atoms with Crippen LogP contribution in [0.15, 0.2) is 30.3 Å². The van der Waals surface area contributed by atoms with E-state index in [1.54, 1.807) is 0 Å². The van der Waals surface area contributed by atoms with E-state index >= 15 is 0 Å². The monoisotopic (exact) mass is 272 g/mol. The molecule has 0 bridgehead atoms. The van der Waals surface area contributed by atoms with Crippen molar-refractivity contribution >= 4 is 5.91 Å². The molecule has 1 saturated heterocycles. The van der Waals surface area contributed by atoms with Crippen LogP contribution in [0.25, 0.3) is 0 Å². The highest BCUT2D eigenvalue weighted by Gasteiger charge is 2.36. The predicted molar refractivity (Wildman–Crippen MR) is 80.1 cm³/mol. The van der Waals surface area contributed by atoms with Crippen LogP contribution in [0, 0.1) is 0 Å². The van der Waals surface area contributed by atoms with E-state index in [2.05, 4.69) is 29.2 Å². The van der Waals surface area contributed by atoms with Crippen molar-refractivity contribution in [3.05, 3.63) is 35.9 Å². The summed E-state index contributed by atoms with van der Waals surface area (Å²) in [5.41, 5.74) is 7.39. The first-order valence-corrected chi connectivity index (χ1v) is 7.81. The second-order valence-corrected chi connectivity index (χ2v) is 6.40. The average molecular weight is 272 g/mol. The minimum atomic E-state index is -0.235. The zero-order valence-electron chi connectivity index (χ0n) is 12.1. The molecule has 3 nitrogen and oxygen atoms in total. The number of rotatable bonds is 3. The van der Waals surface area contributed by atoms with E-state index in [-0.39, 0.29) is 17.5 Å². The van der Waals surface area contributed by atoms with Crippen molar-refractivity contribution in [1.82, 2.24) is 4.90 Å². The van der Waals surface area contributed by atoms with Crippen molar-refractivity contribution in [3.63, 3.8) is 0 Å². The van der Waals surface area contributed by atoms with Gasteiger partial charge in [0.05, 0.1) is 6.04 Å². The molecular weight excluding hydrogens is 248 g/mol. The highest BCUT2D eigenvalue weighted by Crippen LogP contribution is 2.35. The molecule has 3 heteroatoms. The van der Waals surface area contributed by atoms with Crippen molar-refractivity contribution in [1.29, 1.82) is 0 Å². The summed E-state index contributed by atoms with van der Waals surface area (Å²) in [6.45, 7) is 0.883. The molecule has 1 heterocycles. The third kappa shape index (κ3) is 2.73. The highest BCUT2D eigenvalue weighted by molar-refractivity contribution is 5.78. The molecule has 0 radical (unpaired) electrons. The molecule has 1 aliphatic carbocycles. The van der Waals surface area contributed by atoms with E-state index in [1.165, 1.54) is 18.4 Å². The van der Waals surface area contributed by atoms with Crippen LogP contribution in [0.5, 0.6) is 0 Å². The molecule has 20 heavy (non-hydrogen) atoms. The van der Waals surface area contributed by atoms with Crippen LogP contribution in [0.2, 0.25) is 0 Å². The van der Waals surface area contributed by atoms with Crippen LogP contribution >= 0.6 is 0 Å². The van der Waals surface area contributed by atoms with Gasteiger partial charge in [0.15, 0.2) is 0 Å². The number of likely N-dealkylation sites (tertiary alicyclic amines) is 1. The predicted octanol–water partition coefficient (Wildman–Crippen LogP) is 3.01. The topological polar surface area (TPSA) is 46.3 Å². The SMILES string of the molecule is NC1(CC(=O)N2CCCC2c2ccccc2)CCCC1. The summed E-state index contributed by atoms with van der Waals surface area (Å²) in [7, 11) is 0. The Hall–Kier alpha value is -1.35. The summed E-state index contributed by atoms with van der Waals surface area (Å²) in [5.74, 6) is 0.251. The molecule has 1 saturated carbocycles. The van der Waals surface area contributed by atoms with Crippen LogP contribution in [0.1, 0.15) is 56.6 Å². The number of nitrogens with zero attached hydrogens (tertiary/aromatic N) is 1. The Morgan fingerprint density at radius 1 is 1.20 bits per heavy atom. The molecule has 2 fully saturated rings. The van der Waals surface area contributed by atoms with Crippen LogP contribution in [-0.2, 0) is 4.79 Å². The van der Waals surface area contributed by atoms with Crippen LogP contribution < -0.4 is 5.73 Å². The first kappa shape index (κ1) is 13.6. The maximum absolute atomic E-state index is 12.6. The number of carbonyl (C=O) groups is 1. The van der Waals surface area contributed by atoms with Gasteiger partial charge >= 0.3 is 0 Å². The van der Waals surface area contributed by atoms with E-state index in [0.717, 1.165) is 32.2 Å². The number of amides is 1. The van der Waals surface area contributed by atoms with Gasteiger partial charge in [-0.25, -0.2) is 0 Å². The maximum Gasteiger partial charge on any atom is 0.224 e. The molecule has 108 valence electrons. The smallest absolute Gasteiger partial charge is 0.224 e. The van der Waals surface area contributed by atoms with E-state index in [4.69, 9.17) is 5.73 Å². The molecule has 2 aliphatic rings. The largest absolute Gasteiger partial charge is 0.336 e. The van der Waals surface area contributed by atoms with Crippen molar-refractivity contribution < 1.29 is 4.79 Å². The standard InChI is InChI=1S/C17H24N2O/c18-17(10-4-5-11-17)13-16(20)19-12-6-9-15(19)14-7-2-1-3-8-14/h1-3,7-8,15H,4-6,9-13,18H2. The third-order valence-electron chi connectivity index (χ3n) is 4.86. The summed E-state index contributed by atoms with van der Waals surface area (Å²) < 4.78 is 0. The summed E-state index contributed by atoms with van der Waals surface area (Å²) in [4.78, 5) is 14.7. The summed E-state index contributed by atoms with van der Waals surface area (Å²) in [6.07, 6.45) is 7.05. The number of carbonyl (C=O) groups excluding carboxylic acids is 1. The Bertz CT molecular complexity index is 465. The van der Waals surface area contributed by atoms with Gasteiger partial charge in [-0.05, 0) is 31.2 Å². The molecule has 0 aromatic heterocycles. The molecule has 1 unspecified atom stereocenters. The Kier molecular flexibility index (Phi) is 3.79. The van der Waals surface area contributed by atoms with Crippen LogP contribution in [0.3, 0.4) is 0 Å². The Morgan fingerprint density at radius 2 is 1.90 bits per heavy atom. The van der Waals surface area contributed by atoms with Crippen molar-refractivity contribution in [2.24, 2.45) is 5.73 Å². The van der Waals surface area contributed by atoms with Gasteiger partial charge in [-0.3, -0.25) is 4.79 Å². The number of hydrogen-bond acceptors (Lipinski definition) is 2. The zero-order valence-corrected chi connectivity index (χ0v) is 12.1.